The van der Waals surface area contributed by atoms with Crippen LogP contribution in [0, 0.1) is 0 Å². The number of benzene rings is 1. The van der Waals surface area contributed by atoms with Crippen molar-refractivity contribution >= 4 is 17.6 Å². The summed E-state index contributed by atoms with van der Waals surface area (Å²) >= 11 is 0. The Hall–Kier alpha value is -2.90. The number of nitrogens with zero attached hydrogens (tertiary/aromatic N) is 2. The van der Waals surface area contributed by atoms with E-state index >= 15 is 0 Å². The molecule has 0 saturated heterocycles. The van der Waals surface area contributed by atoms with Gasteiger partial charge in [-0.1, -0.05) is 4.68 Å². The quantitative estimate of drug-likeness (QED) is 0.350. The topological polar surface area (TPSA) is 112 Å². The molecular weight excluding hydrogens is 278 g/mol. The first kappa shape index (κ1) is 14.5. The maximum absolute atomic E-state index is 11.9. The fourth-order valence-corrected chi connectivity index (χ4v) is 1.63. The van der Waals surface area contributed by atoms with Crippen LogP contribution in [-0.2, 0) is 11.8 Å². The summed E-state index contributed by atoms with van der Waals surface area (Å²) < 4.78 is 10.5. The van der Waals surface area contributed by atoms with Crippen LogP contribution < -0.4 is 15.4 Å². The highest BCUT2D eigenvalue weighted by molar-refractivity contribution is 5.91. The van der Waals surface area contributed by atoms with Gasteiger partial charge in [0.15, 0.2) is 7.05 Å². The molecule has 0 spiro atoms. The first-order valence-electron chi connectivity index (χ1n) is 6.13. The molecule has 0 unspecified atom stereocenters. The molecule has 1 heterocycles. The highest BCUT2D eigenvalue weighted by Gasteiger charge is 2.17. The van der Waals surface area contributed by atoms with E-state index in [1.165, 1.54) is 31.3 Å². The van der Waals surface area contributed by atoms with Crippen molar-refractivity contribution in [2.75, 3.05) is 6.61 Å². The molecule has 1 aromatic heterocycles. The van der Waals surface area contributed by atoms with Gasteiger partial charge in [0.05, 0.1) is 23.8 Å². The first-order valence-corrected chi connectivity index (χ1v) is 6.13. The second-order valence-electron chi connectivity index (χ2n) is 4.07. The zero-order chi connectivity index (χ0) is 15.4. The molecule has 0 saturated carbocycles. The predicted molar refractivity (Wildman–Crippen MR) is 69.1 cm³/mol. The van der Waals surface area contributed by atoms with E-state index in [2.05, 4.69) is 14.8 Å². The lowest BCUT2D eigenvalue weighted by molar-refractivity contribution is -0.742. The van der Waals surface area contributed by atoms with E-state index in [0.29, 0.717) is 11.3 Å². The number of aromatic nitrogens is 2. The van der Waals surface area contributed by atoms with Gasteiger partial charge in [0.2, 0.25) is 0 Å². The zero-order valence-corrected chi connectivity index (χ0v) is 11.5. The SMILES string of the molecule is CCOC(=O)c1ccc(N=C([O-])c2c(=O)o[nH][n+]2C)cc1. The normalized spacial score (nSPS) is 11.4. The number of rotatable bonds is 4. The molecule has 0 aliphatic rings. The first-order chi connectivity index (χ1) is 10.0. The highest BCUT2D eigenvalue weighted by atomic mass is 16.5. The van der Waals surface area contributed by atoms with Crippen LogP contribution >= 0.6 is 0 Å². The minimum Gasteiger partial charge on any atom is -0.854 e. The molecule has 0 radical (unpaired) electrons. The molecular formula is C13H13N3O5. The van der Waals surface area contributed by atoms with E-state index in [9.17, 15) is 14.7 Å². The van der Waals surface area contributed by atoms with Crippen molar-refractivity contribution in [3.05, 3.63) is 45.9 Å². The number of H-pyrrole nitrogens is 1. The second kappa shape index (κ2) is 6.04. The zero-order valence-electron chi connectivity index (χ0n) is 11.5. The van der Waals surface area contributed by atoms with Crippen molar-refractivity contribution in [2.45, 2.75) is 6.92 Å². The van der Waals surface area contributed by atoms with Gasteiger partial charge in [-0.05, 0) is 36.5 Å². The van der Waals surface area contributed by atoms with Gasteiger partial charge in [0, 0.05) is 0 Å². The number of nitrogens with one attached hydrogen (secondary N) is 1. The van der Waals surface area contributed by atoms with Gasteiger partial charge < -0.3 is 9.84 Å². The van der Waals surface area contributed by atoms with E-state index in [0.717, 1.165) is 4.68 Å². The maximum atomic E-state index is 11.9. The Morgan fingerprint density at radius 1 is 1.43 bits per heavy atom. The number of aromatic amines is 1. The van der Waals surface area contributed by atoms with Crippen molar-refractivity contribution < 1.29 is 23.8 Å². The smallest absolute Gasteiger partial charge is 0.435 e. The van der Waals surface area contributed by atoms with Gasteiger partial charge in [-0.15, -0.1) is 0 Å². The fraction of sp³-hybridized carbons (Fsp3) is 0.231. The van der Waals surface area contributed by atoms with Gasteiger partial charge in [-0.3, -0.25) is 9.52 Å². The Bertz CT molecular complexity index is 727. The Balaban J connectivity index is 2.25. The number of carbonyl (C=O) groups excluding carboxylic acids is 1. The number of carbonyl (C=O) groups is 1. The minimum atomic E-state index is -0.797. The fourth-order valence-electron chi connectivity index (χ4n) is 1.63. The molecule has 0 atom stereocenters. The summed E-state index contributed by atoms with van der Waals surface area (Å²) in [6.07, 6.45) is 0. The summed E-state index contributed by atoms with van der Waals surface area (Å²) in [7, 11) is 1.46. The Kier molecular flexibility index (Phi) is 4.17. The summed E-state index contributed by atoms with van der Waals surface area (Å²) in [5.41, 5.74) is -0.345. The van der Waals surface area contributed by atoms with Crippen LogP contribution in [0.5, 0.6) is 0 Å². The van der Waals surface area contributed by atoms with Gasteiger partial charge in [0.1, 0.15) is 0 Å². The molecule has 1 aromatic carbocycles. The van der Waals surface area contributed by atoms with Crippen molar-refractivity contribution in [1.29, 1.82) is 0 Å². The molecule has 0 aliphatic heterocycles. The van der Waals surface area contributed by atoms with Crippen molar-refractivity contribution in [1.82, 2.24) is 5.27 Å². The summed E-state index contributed by atoms with van der Waals surface area (Å²) in [4.78, 5) is 26.6. The lowest BCUT2D eigenvalue weighted by Crippen LogP contribution is -2.43. The summed E-state index contributed by atoms with van der Waals surface area (Å²) in [6.45, 7) is 1.99. The van der Waals surface area contributed by atoms with E-state index < -0.39 is 17.5 Å². The van der Waals surface area contributed by atoms with E-state index in [4.69, 9.17) is 4.74 Å². The van der Waals surface area contributed by atoms with Crippen molar-refractivity contribution in [3.63, 3.8) is 0 Å². The van der Waals surface area contributed by atoms with Crippen LogP contribution in [0.3, 0.4) is 0 Å². The Morgan fingerprint density at radius 2 is 2.10 bits per heavy atom. The third-order valence-electron chi connectivity index (χ3n) is 2.62. The number of hydrogen-bond donors (Lipinski definition) is 1. The van der Waals surface area contributed by atoms with Crippen LogP contribution in [0.2, 0.25) is 0 Å². The molecule has 21 heavy (non-hydrogen) atoms. The van der Waals surface area contributed by atoms with Gasteiger partial charge in [-0.25, -0.2) is 9.59 Å². The molecule has 0 bridgehead atoms. The van der Waals surface area contributed by atoms with Gasteiger partial charge in [-0.2, -0.15) is 0 Å². The minimum absolute atomic E-state index is 0.218. The molecule has 0 amide bonds. The lowest BCUT2D eigenvalue weighted by Gasteiger charge is -2.04. The molecule has 2 rings (SSSR count). The number of esters is 1. The van der Waals surface area contributed by atoms with Gasteiger partial charge >= 0.3 is 17.3 Å². The summed E-state index contributed by atoms with van der Waals surface area (Å²) in [5.74, 6) is -1.19. The molecule has 110 valence electrons. The standard InChI is InChI=1S/C13H13N3O5/c1-3-20-12(18)8-4-6-9(7-5-8)14-11(17)10-13(19)21-15-16(10)2/h4-7H,3H2,1-2H3,(H-,14,15,17,18,19). The van der Waals surface area contributed by atoms with Crippen LogP contribution in [0.15, 0.2) is 38.6 Å². The molecule has 2 aromatic rings. The van der Waals surface area contributed by atoms with Crippen molar-refractivity contribution in [3.8, 4) is 0 Å². The molecule has 8 nitrogen and oxygen atoms in total. The average Bonchev–Trinajstić information content (AvgIpc) is 2.79. The van der Waals surface area contributed by atoms with Crippen molar-refractivity contribution in [2.24, 2.45) is 12.0 Å². The van der Waals surface area contributed by atoms with Crippen LogP contribution in [0.1, 0.15) is 23.0 Å². The molecule has 0 aliphatic carbocycles. The second-order valence-corrected chi connectivity index (χ2v) is 4.07. The summed E-state index contributed by atoms with van der Waals surface area (Å²) in [6, 6.07) is 5.95. The van der Waals surface area contributed by atoms with E-state index in [1.807, 2.05) is 0 Å². The largest absolute Gasteiger partial charge is 0.854 e. The third-order valence-corrected chi connectivity index (χ3v) is 2.62. The van der Waals surface area contributed by atoms with Crippen LogP contribution in [0.4, 0.5) is 5.69 Å². The number of aliphatic imine (C=N–C) groups is 1. The molecule has 1 N–H and O–H groups in total. The molecule has 0 fully saturated rings. The summed E-state index contributed by atoms with van der Waals surface area (Å²) in [5, 5.41) is 14.1. The van der Waals surface area contributed by atoms with E-state index in [1.54, 1.807) is 6.92 Å². The van der Waals surface area contributed by atoms with Gasteiger partial charge in [0.25, 0.3) is 0 Å². The Labute approximate surface area is 119 Å². The highest BCUT2D eigenvalue weighted by Crippen LogP contribution is 2.14. The maximum Gasteiger partial charge on any atom is 0.435 e. The van der Waals surface area contributed by atoms with Crippen LogP contribution in [0.25, 0.3) is 0 Å². The number of aryl methyl sites for hydroxylation is 1. The lowest BCUT2D eigenvalue weighted by atomic mass is 10.2. The number of ether oxygens (including phenoxy) is 1. The van der Waals surface area contributed by atoms with Crippen LogP contribution in [-0.4, -0.2) is 23.7 Å². The Morgan fingerprint density at radius 3 is 2.62 bits per heavy atom. The van der Waals surface area contributed by atoms with E-state index in [-0.39, 0.29) is 12.3 Å². The number of hydrogen-bond acceptors (Lipinski definition) is 6. The predicted octanol–water partition coefficient (Wildman–Crippen LogP) is -0.592. The average molecular weight is 291 g/mol. The third kappa shape index (κ3) is 3.16. The monoisotopic (exact) mass is 291 g/mol. The molecule has 8 heteroatoms.